The number of hydrogen-bond donors (Lipinski definition) is 3. The first-order valence-electron chi connectivity index (χ1n) is 6.91. The van der Waals surface area contributed by atoms with Crippen LogP contribution in [0, 0.1) is 0 Å². The van der Waals surface area contributed by atoms with Crippen molar-refractivity contribution in [1.29, 1.82) is 0 Å². The van der Waals surface area contributed by atoms with Gasteiger partial charge in [-0.25, -0.2) is 4.79 Å². The van der Waals surface area contributed by atoms with Gasteiger partial charge in [-0.15, -0.1) is 0 Å². The molecule has 5 nitrogen and oxygen atoms in total. The van der Waals surface area contributed by atoms with E-state index in [9.17, 15) is 9.90 Å². The molecule has 0 spiro atoms. The van der Waals surface area contributed by atoms with Crippen molar-refractivity contribution in [2.24, 2.45) is 0 Å². The molecule has 3 N–H and O–H groups in total. The van der Waals surface area contributed by atoms with Crippen molar-refractivity contribution in [3.63, 3.8) is 0 Å². The second-order valence-electron chi connectivity index (χ2n) is 4.84. The number of amides is 2. The number of hydrogen-bond acceptors (Lipinski definition) is 3. The van der Waals surface area contributed by atoms with Gasteiger partial charge in [-0.05, 0) is 31.0 Å². The quantitative estimate of drug-likeness (QED) is 0.719. The highest BCUT2D eigenvalue weighted by Gasteiger charge is 2.11. The molecule has 0 heterocycles. The maximum Gasteiger partial charge on any atom is 0.319 e. The third-order valence-corrected chi connectivity index (χ3v) is 2.97. The number of aliphatic hydroxyl groups is 1. The third kappa shape index (κ3) is 5.59. The van der Waals surface area contributed by atoms with Crippen LogP contribution in [0.25, 0.3) is 0 Å². The fourth-order valence-electron chi connectivity index (χ4n) is 1.98. The van der Waals surface area contributed by atoms with Gasteiger partial charge in [0.2, 0.25) is 0 Å². The first-order chi connectivity index (χ1) is 9.56. The first-order valence-corrected chi connectivity index (χ1v) is 6.91. The normalized spacial score (nSPS) is 13.6. The van der Waals surface area contributed by atoms with Gasteiger partial charge in [0.05, 0.1) is 18.8 Å². The van der Waals surface area contributed by atoms with E-state index in [-0.39, 0.29) is 12.1 Å². The molecule has 112 valence electrons. The Bertz CT molecular complexity index is 415. The fraction of sp³-hybridized carbons (Fsp3) is 0.533. The summed E-state index contributed by atoms with van der Waals surface area (Å²) in [6, 6.07) is 6.91. The zero-order valence-electron chi connectivity index (χ0n) is 12.3. The molecule has 0 aliphatic rings. The van der Waals surface area contributed by atoms with Crippen LogP contribution in [0.5, 0.6) is 0 Å². The monoisotopic (exact) mass is 280 g/mol. The number of ether oxygens (including phenoxy) is 1. The number of urea groups is 1. The summed E-state index contributed by atoms with van der Waals surface area (Å²) in [5, 5.41) is 15.2. The van der Waals surface area contributed by atoms with E-state index in [0.717, 1.165) is 18.4 Å². The Morgan fingerprint density at radius 1 is 1.45 bits per heavy atom. The molecule has 0 bridgehead atoms. The number of rotatable bonds is 7. The standard InChI is InChI=1S/C15H24N2O3/c1-4-6-14(10-20-3)17-15(19)16-13-8-5-7-12(9-13)11(2)18/h5,7-9,11,14,18H,4,6,10H2,1-3H3,(H2,16,17,19). The summed E-state index contributed by atoms with van der Waals surface area (Å²) in [6.45, 7) is 4.25. The van der Waals surface area contributed by atoms with Gasteiger partial charge < -0.3 is 20.5 Å². The van der Waals surface area contributed by atoms with E-state index >= 15 is 0 Å². The molecule has 2 amide bonds. The molecule has 2 unspecified atom stereocenters. The minimum Gasteiger partial charge on any atom is -0.389 e. The van der Waals surface area contributed by atoms with Crippen molar-refractivity contribution in [2.45, 2.75) is 38.8 Å². The molecule has 0 aromatic heterocycles. The van der Waals surface area contributed by atoms with Crippen molar-refractivity contribution >= 4 is 11.7 Å². The molecular weight excluding hydrogens is 256 g/mol. The van der Waals surface area contributed by atoms with E-state index in [1.807, 2.05) is 6.07 Å². The molecular formula is C15H24N2O3. The molecule has 0 saturated carbocycles. The van der Waals surface area contributed by atoms with Crippen molar-refractivity contribution in [1.82, 2.24) is 5.32 Å². The smallest absolute Gasteiger partial charge is 0.319 e. The maximum absolute atomic E-state index is 11.9. The number of carbonyl (C=O) groups excluding carboxylic acids is 1. The molecule has 0 aliphatic carbocycles. The highest BCUT2D eigenvalue weighted by atomic mass is 16.5. The summed E-state index contributed by atoms with van der Waals surface area (Å²) in [5.74, 6) is 0. The maximum atomic E-state index is 11.9. The lowest BCUT2D eigenvalue weighted by molar-refractivity contribution is 0.163. The van der Waals surface area contributed by atoms with Crippen LogP contribution in [-0.2, 0) is 4.74 Å². The van der Waals surface area contributed by atoms with Crippen LogP contribution in [0.3, 0.4) is 0 Å². The highest BCUT2D eigenvalue weighted by molar-refractivity contribution is 5.89. The Labute approximate surface area is 120 Å². The summed E-state index contributed by atoms with van der Waals surface area (Å²) < 4.78 is 5.08. The number of methoxy groups -OCH3 is 1. The molecule has 1 aromatic carbocycles. The lowest BCUT2D eigenvalue weighted by Gasteiger charge is -2.18. The van der Waals surface area contributed by atoms with E-state index in [1.54, 1.807) is 32.2 Å². The summed E-state index contributed by atoms with van der Waals surface area (Å²) in [4.78, 5) is 11.9. The lowest BCUT2D eigenvalue weighted by Crippen LogP contribution is -2.40. The topological polar surface area (TPSA) is 70.6 Å². The second kappa shape index (κ2) is 8.55. The predicted octanol–water partition coefficient (Wildman–Crippen LogP) is 2.68. The van der Waals surface area contributed by atoms with Gasteiger partial charge in [-0.3, -0.25) is 0 Å². The summed E-state index contributed by atoms with van der Waals surface area (Å²) in [5.41, 5.74) is 1.43. The van der Waals surface area contributed by atoms with Crippen molar-refractivity contribution in [3.8, 4) is 0 Å². The Balaban J connectivity index is 2.58. The molecule has 0 fully saturated rings. The Kier molecular flexibility index (Phi) is 7.04. The van der Waals surface area contributed by atoms with Crippen molar-refractivity contribution in [3.05, 3.63) is 29.8 Å². The molecule has 5 heteroatoms. The Morgan fingerprint density at radius 2 is 2.20 bits per heavy atom. The molecule has 0 radical (unpaired) electrons. The van der Waals surface area contributed by atoms with Gasteiger partial charge in [0.1, 0.15) is 0 Å². The molecule has 1 aromatic rings. The largest absolute Gasteiger partial charge is 0.389 e. The summed E-state index contributed by atoms with van der Waals surface area (Å²) in [7, 11) is 1.62. The van der Waals surface area contributed by atoms with E-state index in [0.29, 0.717) is 12.3 Å². The van der Waals surface area contributed by atoms with Crippen LogP contribution in [-0.4, -0.2) is 30.9 Å². The van der Waals surface area contributed by atoms with E-state index in [1.165, 1.54) is 0 Å². The first kappa shape index (κ1) is 16.5. The number of aliphatic hydroxyl groups excluding tert-OH is 1. The third-order valence-electron chi connectivity index (χ3n) is 2.97. The van der Waals surface area contributed by atoms with Gasteiger partial charge in [-0.1, -0.05) is 25.5 Å². The van der Waals surface area contributed by atoms with Crippen LogP contribution in [0.4, 0.5) is 10.5 Å². The lowest BCUT2D eigenvalue weighted by atomic mass is 10.1. The second-order valence-corrected chi connectivity index (χ2v) is 4.84. The van der Waals surface area contributed by atoms with Crippen LogP contribution >= 0.6 is 0 Å². The average molecular weight is 280 g/mol. The Morgan fingerprint density at radius 3 is 2.80 bits per heavy atom. The molecule has 20 heavy (non-hydrogen) atoms. The number of benzene rings is 1. The minimum absolute atomic E-state index is 0.00458. The summed E-state index contributed by atoms with van der Waals surface area (Å²) >= 11 is 0. The van der Waals surface area contributed by atoms with Gasteiger partial charge in [0.25, 0.3) is 0 Å². The Hall–Kier alpha value is -1.59. The molecule has 0 aliphatic heterocycles. The SMILES string of the molecule is CCCC(COC)NC(=O)Nc1cccc(C(C)O)c1. The van der Waals surface area contributed by atoms with E-state index in [2.05, 4.69) is 17.6 Å². The van der Waals surface area contributed by atoms with E-state index < -0.39 is 6.10 Å². The van der Waals surface area contributed by atoms with Gasteiger partial charge in [-0.2, -0.15) is 0 Å². The van der Waals surface area contributed by atoms with Crippen LogP contribution in [0.15, 0.2) is 24.3 Å². The molecule has 0 saturated heterocycles. The van der Waals surface area contributed by atoms with Gasteiger partial charge >= 0.3 is 6.03 Å². The van der Waals surface area contributed by atoms with Crippen molar-refractivity contribution < 1.29 is 14.6 Å². The zero-order valence-corrected chi connectivity index (χ0v) is 12.3. The van der Waals surface area contributed by atoms with E-state index in [4.69, 9.17) is 4.74 Å². The fourth-order valence-corrected chi connectivity index (χ4v) is 1.98. The molecule has 2 atom stereocenters. The minimum atomic E-state index is -0.554. The van der Waals surface area contributed by atoms with Crippen LogP contribution in [0.2, 0.25) is 0 Å². The number of anilines is 1. The number of carbonyl (C=O) groups is 1. The van der Waals surface area contributed by atoms with Crippen LogP contribution < -0.4 is 10.6 Å². The van der Waals surface area contributed by atoms with Crippen LogP contribution in [0.1, 0.15) is 38.4 Å². The van der Waals surface area contributed by atoms with Gasteiger partial charge in [0.15, 0.2) is 0 Å². The predicted molar refractivity (Wildman–Crippen MR) is 79.8 cm³/mol. The highest BCUT2D eigenvalue weighted by Crippen LogP contribution is 2.16. The summed E-state index contributed by atoms with van der Waals surface area (Å²) in [6.07, 6.45) is 1.29. The molecule has 1 rings (SSSR count). The van der Waals surface area contributed by atoms with Crippen molar-refractivity contribution in [2.75, 3.05) is 19.0 Å². The average Bonchev–Trinajstić information content (AvgIpc) is 2.39. The van der Waals surface area contributed by atoms with Gasteiger partial charge in [0, 0.05) is 12.8 Å². The number of nitrogens with one attached hydrogen (secondary N) is 2. The zero-order chi connectivity index (χ0) is 15.0.